The molecule has 15 heavy (non-hydrogen) atoms. The smallest absolute Gasteiger partial charge is 0.338 e. The molecule has 0 amide bonds. The van der Waals surface area contributed by atoms with Gasteiger partial charge in [-0.15, -0.1) is 0 Å². The maximum absolute atomic E-state index is 10.5. The summed E-state index contributed by atoms with van der Waals surface area (Å²) in [4.78, 5) is 18.1. The summed E-state index contributed by atoms with van der Waals surface area (Å²) >= 11 is 0. The van der Waals surface area contributed by atoms with Gasteiger partial charge in [-0.2, -0.15) is 0 Å². The zero-order valence-corrected chi connectivity index (χ0v) is 7.92. The molecule has 1 fully saturated rings. The highest BCUT2D eigenvalue weighted by molar-refractivity contribution is 5.86. The van der Waals surface area contributed by atoms with Crippen molar-refractivity contribution in [2.24, 2.45) is 0 Å². The van der Waals surface area contributed by atoms with Crippen molar-refractivity contribution in [3.05, 3.63) is 18.0 Å². The van der Waals surface area contributed by atoms with Crippen LogP contribution in [0, 0.1) is 0 Å². The van der Waals surface area contributed by atoms with Crippen molar-refractivity contribution >= 4 is 5.97 Å². The molecule has 6 heteroatoms. The van der Waals surface area contributed by atoms with Crippen molar-refractivity contribution in [3.8, 4) is 6.01 Å². The summed E-state index contributed by atoms with van der Waals surface area (Å²) in [6, 6.07) is 0.190. The molecule has 2 rings (SSSR count). The molecule has 2 heterocycles. The highest BCUT2D eigenvalue weighted by atomic mass is 16.6. The van der Waals surface area contributed by atoms with Crippen LogP contribution in [-0.4, -0.2) is 40.4 Å². The zero-order valence-electron chi connectivity index (χ0n) is 7.92. The minimum atomic E-state index is -1.05. The highest BCUT2D eigenvalue weighted by Gasteiger charge is 2.18. The number of carboxylic acids is 1. The Morgan fingerprint density at radius 3 is 2.80 bits per heavy atom. The number of nitrogens with zero attached hydrogens (tertiary/aromatic N) is 2. The average molecular weight is 210 g/mol. The maximum Gasteiger partial charge on any atom is 0.338 e. The lowest BCUT2D eigenvalue weighted by Gasteiger charge is -2.08. The van der Waals surface area contributed by atoms with Gasteiger partial charge in [0.1, 0.15) is 6.10 Å². The lowest BCUT2D eigenvalue weighted by atomic mass is 10.3. The van der Waals surface area contributed by atoms with Crippen LogP contribution in [0.4, 0.5) is 0 Å². The molecule has 80 valence electrons. The Labute approximate surface area is 85.9 Å². The van der Waals surface area contributed by atoms with Gasteiger partial charge in [-0.1, -0.05) is 0 Å². The van der Waals surface area contributed by atoms with Gasteiger partial charge in [0.15, 0.2) is 0 Å². The Morgan fingerprint density at radius 2 is 2.27 bits per heavy atom. The van der Waals surface area contributed by atoms with Crippen molar-refractivity contribution in [2.45, 2.75) is 12.5 Å². The van der Waals surface area contributed by atoms with Gasteiger partial charge in [-0.25, -0.2) is 14.8 Å². The van der Waals surface area contributed by atoms with Gasteiger partial charge in [0.05, 0.1) is 18.8 Å². The number of carboxylic acid groups (broad SMARTS) is 1. The standard InChI is InChI=1S/C9H10N2O4/c12-8(13)6-3-10-9(11-4-6)15-7-1-2-14-5-7/h3-4,7H,1-2,5H2,(H,12,13)/t7-/m1/s1. The van der Waals surface area contributed by atoms with Gasteiger partial charge in [0.25, 0.3) is 0 Å². The second-order valence-corrected chi connectivity index (χ2v) is 3.16. The van der Waals surface area contributed by atoms with E-state index in [1.165, 1.54) is 12.4 Å². The fourth-order valence-corrected chi connectivity index (χ4v) is 1.24. The minimum Gasteiger partial charge on any atom is -0.478 e. The summed E-state index contributed by atoms with van der Waals surface area (Å²) in [5, 5.41) is 8.62. The molecule has 1 aromatic rings. The quantitative estimate of drug-likeness (QED) is 0.774. The third-order valence-corrected chi connectivity index (χ3v) is 2.04. The summed E-state index contributed by atoms with van der Waals surface area (Å²) in [7, 11) is 0. The minimum absolute atomic E-state index is 0.0271. The number of ether oxygens (including phenoxy) is 2. The Kier molecular flexibility index (Phi) is 2.77. The number of hydrogen-bond donors (Lipinski definition) is 1. The molecular weight excluding hydrogens is 200 g/mol. The molecule has 1 aliphatic heterocycles. The molecule has 0 aromatic carbocycles. The molecule has 0 bridgehead atoms. The molecule has 1 atom stereocenters. The molecule has 0 aliphatic carbocycles. The number of aromatic nitrogens is 2. The first-order valence-electron chi connectivity index (χ1n) is 4.55. The molecular formula is C9H10N2O4. The number of carbonyl (C=O) groups is 1. The topological polar surface area (TPSA) is 81.5 Å². The van der Waals surface area contributed by atoms with E-state index in [4.69, 9.17) is 14.6 Å². The van der Waals surface area contributed by atoms with Gasteiger partial charge >= 0.3 is 12.0 Å². The lowest BCUT2D eigenvalue weighted by Crippen LogP contribution is -2.17. The van der Waals surface area contributed by atoms with E-state index in [1.807, 2.05) is 0 Å². The van der Waals surface area contributed by atoms with Crippen molar-refractivity contribution < 1.29 is 19.4 Å². The second-order valence-electron chi connectivity index (χ2n) is 3.16. The zero-order chi connectivity index (χ0) is 10.7. The Hall–Kier alpha value is -1.69. The fraction of sp³-hybridized carbons (Fsp3) is 0.444. The van der Waals surface area contributed by atoms with Gasteiger partial charge < -0.3 is 14.6 Å². The summed E-state index contributed by atoms with van der Waals surface area (Å²) < 4.78 is 10.5. The number of rotatable bonds is 3. The summed E-state index contributed by atoms with van der Waals surface area (Å²) in [5.74, 6) is -1.05. The molecule has 0 spiro atoms. The molecule has 0 unspecified atom stereocenters. The van der Waals surface area contributed by atoms with Crippen LogP contribution >= 0.6 is 0 Å². The third kappa shape index (κ3) is 2.41. The molecule has 6 nitrogen and oxygen atoms in total. The molecule has 0 radical (unpaired) electrons. The van der Waals surface area contributed by atoms with Gasteiger partial charge in [-0.3, -0.25) is 0 Å². The van der Waals surface area contributed by atoms with E-state index >= 15 is 0 Å². The highest BCUT2D eigenvalue weighted by Crippen LogP contribution is 2.11. The van der Waals surface area contributed by atoms with Gasteiger partial charge in [0, 0.05) is 18.8 Å². The molecule has 1 aliphatic rings. The van der Waals surface area contributed by atoms with E-state index in [0.717, 1.165) is 6.42 Å². The van der Waals surface area contributed by atoms with E-state index in [1.54, 1.807) is 0 Å². The van der Waals surface area contributed by atoms with Crippen LogP contribution in [0.2, 0.25) is 0 Å². The van der Waals surface area contributed by atoms with E-state index in [0.29, 0.717) is 13.2 Å². The Bertz CT molecular complexity index is 346. The van der Waals surface area contributed by atoms with Crippen LogP contribution in [0.3, 0.4) is 0 Å². The third-order valence-electron chi connectivity index (χ3n) is 2.04. The second kappa shape index (κ2) is 4.22. The summed E-state index contributed by atoms with van der Waals surface area (Å²) in [5.41, 5.74) is 0.0463. The van der Waals surface area contributed by atoms with E-state index in [9.17, 15) is 4.79 Å². The Morgan fingerprint density at radius 1 is 1.53 bits per heavy atom. The summed E-state index contributed by atoms with van der Waals surface area (Å²) in [6.07, 6.45) is 3.23. The summed E-state index contributed by atoms with van der Waals surface area (Å²) in [6.45, 7) is 1.21. The fourth-order valence-electron chi connectivity index (χ4n) is 1.24. The first-order valence-corrected chi connectivity index (χ1v) is 4.55. The predicted molar refractivity (Wildman–Crippen MR) is 48.8 cm³/mol. The predicted octanol–water partition coefficient (Wildman–Crippen LogP) is 0.342. The van der Waals surface area contributed by atoms with Gasteiger partial charge in [0.2, 0.25) is 0 Å². The first kappa shape index (κ1) is 9.85. The Balaban J connectivity index is 2.00. The maximum atomic E-state index is 10.5. The van der Waals surface area contributed by atoms with Crippen LogP contribution in [0.5, 0.6) is 6.01 Å². The van der Waals surface area contributed by atoms with E-state index in [-0.39, 0.29) is 17.7 Å². The molecule has 0 saturated carbocycles. The number of aromatic carboxylic acids is 1. The molecule has 1 saturated heterocycles. The van der Waals surface area contributed by atoms with Crippen molar-refractivity contribution in [3.63, 3.8) is 0 Å². The number of hydrogen-bond acceptors (Lipinski definition) is 5. The largest absolute Gasteiger partial charge is 0.478 e. The first-order chi connectivity index (χ1) is 7.25. The van der Waals surface area contributed by atoms with Crippen LogP contribution in [-0.2, 0) is 4.74 Å². The van der Waals surface area contributed by atoms with E-state index in [2.05, 4.69) is 9.97 Å². The molecule has 1 N–H and O–H groups in total. The van der Waals surface area contributed by atoms with Gasteiger partial charge in [-0.05, 0) is 0 Å². The van der Waals surface area contributed by atoms with Crippen molar-refractivity contribution in [1.29, 1.82) is 0 Å². The van der Waals surface area contributed by atoms with Crippen molar-refractivity contribution in [2.75, 3.05) is 13.2 Å². The lowest BCUT2D eigenvalue weighted by molar-refractivity contribution is 0.0695. The molecule has 1 aromatic heterocycles. The van der Waals surface area contributed by atoms with E-state index < -0.39 is 5.97 Å². The monoisotopic (exact) mass is 210 g/mol. The average Bonchev–Trinajstić information content (AvgIpc) is 2.71. The van der Waals surface area contributed by atoms with Crippen LogP contribution in [0.1, 0.15) is 16.8 Å². The SMILES string of the molecule is O=C(O)c1cnc(O[C@@H]2CCOC2)nc1. The van der Waals surface area contributed by atoms with Crippen LogP contribution in [0.15, 0.2) is 12.4 Å². The van der Waals surface area contributed by atoms with Crippen molar-refractivity contribution in [1.82, 2.24) is 9.97 Å². The van der Waals surface area contributed by atoms with Crippen LogP contribution < -0.4 is 4.74 Å². The van der Waals surface area contributed by atoms with Crippen LogP contribution in [0.25, 0.3) is 0 Å². The normalized spacial score (nSPS) is 20.1.